The van der Waals surface area contributed by atoms with E-state index in [1.54, 1.807) is 6.92 Å². The van der Waals surface area contributed by atoms with E-state index in [9.17, 15) is 9.90 Å². The molecule has 2 aromatic carbocycles. The lowest BCUT2D eigenvalue weighted by molar-refractivity contribution is -0.129. The zero-order valence-corrected chi connectivity index (χ0v) is 19.8. The lowest BCUT2D eigenvalue weighted by Crippen LogP contribution is -2.67. The van der Waals surface area contributed by atoms with Gasteiger partial charge in [0.05, 0.1) is 0 Å². The number of piperazine rings is 1. The first-order valence-electron chi connectivity index (χ1n) is 10.9. The van der Waals surface area contributed by atoms with E-state index in [4.69, 9.17) is 11.6 Å². The summed E-state index contributed by atoms with van der Waals surface area (Å²) in [5.74, 6) is 0.217. The van der Waals surface area contributed by atoms with Crippen molar-refractivity contribution in [2.24, 2.45) is 5.41 Å². The number of benzene rings is 2. The number of carbonyl (C=O) groups excluding carboxylic acids is 1. The number of amides is 1. The van der Waals surface area contributed by atoms with Crippen LogP contribution in [0.15, 0.2) is 30.3 Å². The van der Waals surface area contributed by atoms with Crippen molar-refractivity contribution in [2.45, 2.75) is 46.7 Å². The Balaban J connectivity index is 1.76. The predicted octanol–water partition coefficient (Wildman–Crippen LogP) is 4.36. The molecular formula is C25H32ClN3O2. The molecule has 0 saturated carbocycles. The van der Waals surface area contributed by atoms with Gasteiger partial charge in [-0.15, -0.1) is 0 Å². The van der Waals surface area contributed by atoms with Gasteiger partial charge >= 0.3 is 0 Å². The van der Waals surface area contributed by atoms with Crippen LogP contribution in [-0.4, -0.2) is 42.1 Å². The molecule has 2 aromatic rings. The molecule has 1 atom stereocenters. The van der Waals surface area contributed by atoms with Gasteiger partial charge in [-0.3, -0.25) is 9.69 Å². The van der Waals surface area contributed by atoms with Crippen molar-refractivity contribution in [3.63, 3.8) is 0 Å². The second-order valence-corrected chi connectivity index (χ2v) is 10.1. The quantitative estimate of drug-likeness (QED) is 0.743. The summed E-state index contributed by atoms with van der Waals surface area (Å²) in [6.45, 7) is 13.2. The summed E-state index contributed by atoms with van der Waals surface area (Å²) >= 11 is 6.20. The molecule has 1 aliphatic carbocycles. The molecule has 1 heterocycles. The maximum absolute atomic E-state index is 12.5. The van der Waals surface area contributed by atoms with E-state index < -0.39 is 5.66 Å². The minimum atomic E-state index is -0.755. The zero-order chi connectivity index (χ0) is 22.6. The van der Waals surface area contributed by atoms with Crippen LogP contribution in [-0.2, 0) is 16.9 Å². The lowest BCUT2D eigenvalue weighted by atomic mass is 9.77. The SMILES string of the molecule is CC(=O)NC1(N2CCN(c3cccc(Cl)c3)CC2)c2c(O)c(C)cc(C)c2CC1(C)C. The highest BCUT2D eigenvalue weighted by molar-refractivity contribution is 6.30. The number of halogens is 1. The molecule has 6 heteroatoms. The number of nitrogens with one attached hydrogen (secondary N) is 1. The Morgan fingerprint density at radius 2 is 1.77 bits per heavy atom. The van der Waals surface area contributed by atoms with Crippen LogP contribution in [0.25, 0.3) is 0 Å². The number of phenolic OH excluding ortho intramolecular Hbond substituents is 1. The summed E-state index contributed by atoms with van der Waals surface area (Å²) in [6.07, 6.45) is 0.802. The Hall–Kier alpha value is -2.24. The summed E-state index contributed by atoms with van der Waals surface area (Å²) in [7, 11) is 0. The second-order valence-electron chi connectivity index (χ2n) is 9.62. The van der Waals surface area contributed by atoms with E-state index in [0.717, 1.165) is 60.0 Å². The van der Waals surface area contributed by atoms with E-state index in [-0.39, 0.29) is 11.3 Å². The smallest absolute Gasteiger partial charge is 0.218 e. The highest BCUT2D eigenvalue weighted by Crippen LogP contribution is 2.56. The average Bonchev–Trinajstić information content (AvgIpc) is 2.94. The summed E-state index contributed by atoms with van der Waals surface area (Å²) in [5.41, 5.74) is 4.12. The Morgan fingerprint density at radius 3 is 2.39 bits per heavy atom. The van der Waals surface area contributed by atoms with Crippen LogP contribution < -0.4 is 10.2 Å². The molecule has 1 saturated heterocycles. The molecule has 0 spiro atoms. The van der Waals surface area contributed by atoms with Crippen molar-refractivity contribution in [1.82, 2.24) is 10.2 Å². The Kier molecular flexibility index (Phi) is 5.47. The molecule has 4 rings (SSSR count). The highest BCUT2D eigenvalue weighted by atomic mass is 35.5. The molecule has 31 heavy (non-hydrogen) atoms. The molecule has 1 unspecified atom stereocenters. The number of carbonyl (C=O) groups is 1. The van der Waals surface area contributed by atoms with Crippen molar-refractivity contribution in [1.29, 1.82) is 0 Å². The van der Waals surface area contributed by atoms with Crippen molar-refractivity contribution in [3.05, 3.63) is 57.6 Å². The Morgan fingerprint density at radius 1 is 1.10 bits per heavy atom. The van der Waals surface area contributed by atoms with Crippen LogP contribution >= 0.6 is 11.6 Å². The molecule has 166 valence electrons. The average molecular weight is 442 g/mol. The monoisotopic (exact) mass is 441 g/mol. The predicted molar refractivity (Wildman–Crippen MR) is 126 cm³/mol. The molecule has 0 bridgehead atoms. The topological polar surface area (TPSA) is 55.8 Å². The van der Waals surface area contributed by atoms with Gasteiger partial charge in [0, 0.05) is 54.8 Å². The summed E-state index contributed by atoms with van der Waals surface area (Å²) in [6, 6.07) is 9.99. The minimum absolute atomic E-state index is 0.0863. The van der Waals surface area contributed by atoms with Gasteiger partial charge < -0.3 is 15.3 Å². The second kappa shape index (κ2) is 7.72. The summed E-state index contributed by atoms with van der Waals surface area (Å²) in [5, 5.41) is 15.3. The number of aromatic hydroxyl groups is 1. The molecule has 1 fully saturated rings. The molecule has 1 aliphatic heterocycles. The van der Waals surface area contributed by atoms with Crippen LogP contribution in [0.1, 0.15) is 43.0 Å². The van der Waals surface area contributed by atoms with Gasteiger partial charge in [-0.05, 0) is 55.2 Å². The number of rotatable bonds is 3. The number of aryl methyl sites for hydroxylation is 2. The van der Waals surface area contributed by atoms with Crippen LogP contribution in [0.4, 0.5) is 5.69 Å². The number of hydrogen-bond donors (Lipinski definition) is 2. The van der Waals surface area contributed by atoms with E-state index in [1.165, 1.54) is 5.56 Å². The largest absolute Gasteiger partial charge is 0.507 e. The molecule has 1 amide bonds. The summed E-state index contributed by atoms with van der Waals surface area (Å²) in [4.78, 5) is 17.2. The van der Waals surface area contributed by atoms with Crippen LogP contribution in [0.5, 0.6) is 5.75 Å². The van der Waals surface area contributed by atoms with Gasteiger partial charge in [0.2, 0.25) is 5.91 Å². The van der Waals surface area contributed by atoms with Crippen LogP contribution in [0.3, 0.4) is 0 Å². The van der Waals surface area contributed by atoms with Gasteiger partial charge in [0.15, 0.2) is 0 Å². The van der Waals surface area contributed by atoms with E-state index in [0.29, 0.717) is 5.75 Å². The van der Waals surface area contributed by atoms with Crippen molar-refractivity contribution in [3.8, 4) is 5.75 Å². The number of hydrogen-bond acceptors (Lipinski definition) is 4. The fourth-order valence-corrected chi connectivity index (χ4v) is 5.85. The highest BCUT2D eigenvalue weighted by Gasteiger charge is 2.58. The van der Waals surface area contributed by atoms with Gasteiger partial charge in [-0.2, -0.15) is 0 Å². The number of nitrogens with zero attached hydrogens (tertiary/aromatic N) is 2. The Bertz CT molecular complexity index is 1030. The van der Waals surface area contributed by atoms with Crippen LogP contribution in [0.2, 0.25) is 5.02 Å². The Labute approximate surface area is 190 Å². The van der Waals surface area contributed by atoms with Crippen LogP contribution in [0, 0.1) is 19.3 Å². The van der Waals surface area contributed by atoms with Crippen molar-refractivity contribution < 1.29 is 9.90 Å². The molecule has 5 nitrogen and oxygen atoms in total. The molecule has 2 N–H and O–H groups in total. The van der Waals surface area contributed by atoms with E-state index in [2.05, 4.69) is 42.0 Å². The zero-order valence-electron chi connectivity index (χ0n) is 19.1. The van der Waals surface area contributed by atoms with Gasteiger partial charge in [0.1, 0.15) is 11.4 Å². The maximum atomic E-state index is 12.5. The van der Waals surface area contributed by atoms with Crippen molar-refractivity contribution in [2.75, 3.05) is 31.1 Å². The first-order valence-corrected chi connectivity index (χ1v) is 11.3. The normalized spacial score (nSPS) is 23.0. The molecule has 0 radical (unpaired) electrons. The molecular weight excluding hydrogens is 410 g/mol. The third kappa shape index (κ3) is 3.48. The third-order valence-electron chi connectivity index (χ3n) is 7.07. The number of anilines is 1. The first kappa shape index (κ1) is 22.0. The van der Waals surface area contributed by atoms with Gasteiger partial charge in [0.25, 0.3) is 0 Å². The van der Waals surface area contributed by atoms with E-state index >= 15 is 0 Å². The maximum Gasteiger partial charge on any atom is 0.218 e. The van der Waals surface area contributed by atoms with Crippen molar-refractivity contribution >= 4 is 23.2 Å². The standard InChI is InChI=1S/C25H32ClN3O2/c1-16-13-17(2)23(31)22-21(16)15-24(4,5)25(22,27-18(3)30)29-11-9-28(10-12-29)20-8-6-7-19(26)14-20/h6-8,13-14,31H,9-12,15H2,1-5H3,(H,27,30). The minimum Gasteiger partial charge on any atom is -0.507 e. The molecule has 0 aromatic heterocycles. The van der Waals surface area contributed by atoms with Gasteiger partial charge in [-0.25, -0.2) is 0 Å². The fourth-order valence-electron chi connectivity index (χ4n) is 5.67. The fraction of sp³-hybridized carbons (Fsp3) is 0.480. The third-order valence-corrected chi connectivity index (χ3v) is 7.30. The number of fused-ring (bicyclic) bond motifs is 1. The first-order chi connectivity index (χ1) is 14.6. The summed E-state index contributed by atoms with van der Waals surface area (Å²) < 4.78 is 0. The van der Waals surface area contributed by atoms with Gasteiger partial charge in [-0.1, -0.05) is 37.6 Å². The number of phenols is 1. The lowest BCUT2D eigenvalue weighted by Gasteiger charge is -2.53. The molecule has 2 aliphatic rings. The van der Waals surface area contributed by atoms with E-state index in [1.807, 2.05) is 31.2 Å².